The maximum atomic E-state index is 10.6. The normalized spacial score (nSPS) is 10.5. The van der Waals surface area contributed by atoms with Gasteiger partial charge in [-0.25, -0.2) is 0 Å². The van der Waals surface area contributed by atoms with Crippen molar-refractivity contribution in [3.8, 4) is 11.3 Å². The third-order valence-electron chi connectivity index (χ3n) is 2.55. The van der Waals surface area contributed by atoms with Gasteiger partial charge in [0, 0.05) is 17.7 Å². The summed E-state index contributed by atoms with van der Waals surface area (Å²) in [7, 11) is 0. The molecule has 0 saturated heterocycles. The molecule has 0 saturated carbocycles. The Hall–Kier alpha value is -2.14. The van der Waals surface area contributed by atoms with Gasteiger partial charge in [0.1, 0.15) is 11.5 Å². The standard InChI is InChI=1S/C12H12N2O3/c1-8-6-9(14(15)16)2-4-11(8)12-5-3-10(7-13)17-12/h2-6H,7,13H2,1H3. The van der Waals surface area contributed by atoms with Crippen LogP contribution in [0.5, 0.6) is 0 Å². The summed E-state index contributed by atoms with van der Waals surface area (Å²) in [5.74, 6) is 1.37. The van der Waals surface area contributed by atoms with Crippen molar-refractivity contribution in [1.82, 2.24) is 0 Å². The van der Waals surface area contributed by atoms with E-state index in [1.165, 1.54) is 12.1 Å². The monoisotopic (exact) mass is 232 g/mol. The zero-order valence-corrected chi connectivity index (χ0v) is 9.34. The lowest BCUT2D eigenvalue weighted by Crippen LogP contribution is -1.92. The lowest BCUT2D eigenvalue weighted by Gasteiger charge is -2.02. The molecule has 5 nitrogen and oxygen atoms in total. The maximum absolute atomic E-state index is 10.6. The zero-order chi connectivity index (χ0) is 12.4. The number of nitro groups is 1. The molecule has 0 unspecified atom stereocenters. The molecular weight excluding hydrogens is 220 g/mol. The number of nitro benzene ring substituents is 1. The van der Waals surface area contributed by atoms with E-state index in [0.717, 1.165) is 11.1 Å². The second-order valence-corrected chi connectivity index (χ2v) is 3.73. The molecule has 2 N–H and O–H groups in total. The predicted octanol–water partition coefficient (Wildman–Crippen LogP) is 2.62. The van der Waals surface area contributed by atoms with Crippen molar-refractivity contribution in [3.05, 3.63) is 51.8 Å². The number of nitrogens with zero attached hydrogens (tertiary/aromatic N) is 1. The molecule has 17 heavy (non-hydrogen) atoms. The zero-order valence-electron chi connectivity index (χ0n) is 9.34. The van der Waals surface area contributed by atoms with Crippen molar-refractivity contribution in [3.63, 3.8) is 0 Å². The maximum Gasteiger partial charge on any atom is 0.269 e. The second kappa shape index (κ2) is 4.39. The summed E-state index contributed by atoms with van der Waals surface area (Å²) in [5, 5.41) is 10.6. The van der Waals surface area contributed by atoms with E-state index in [2.05, 4.69) is 0 Å². The van der Waals surface area contributed by atoms with Gasteiger partial charge in [0.25, 0.3) is 5.69 Å². The van der Waals surface area contributed by atoms with E-state index in [4.69, 9.17) is 10.2 Å². The van der Waals surface area contributed by atoms with Gasteiger partial charge in [0.15, 0.2) is 0 Å². The molecule has 0 aliphatic heterocycles. The van der Waals surface area contributed by atoms with Crippen molar-refractivity contribution in [1.29, 1.82) is 0 Å². The molecule has 0 aliphatic carbocycles. The van der Waals surface area contributed by atoms with E-state index < -0.39 is 4.92 Å². The fourth-order valence-electron chi connectivity index (χ4n) is 1.67. The van der Waals surface area contributed by atoms with E-state index >= 15 is 0 Å². The number of aryl methyl sites for hydroxylation is 1. The third kappa shape index (κ3) is 2.19. The summed E-state index contributed by atoms with van der Waals surface area (Å²) in [6.07, 6.45) is 0. The van der Waals surface area contributed by atoms with E-state index in [1.54, 1.807) is 12.1 Å². The summed E-state index contributed by atoms with van der Waals surface area (Å²) >= 11 is 0. The number of furan rings is 1. The van der Waals surface area contributed by atoms with Crippen LogP contribution in [0, 0.1) is 17.0 Å². The third-order valence-corrected chi connectivity index (χ3v) is 2.55. The van der Waals surface area contributed by atoms with Crippen LogP contribution >= 0.6 is 0 Å². The van der Waals surface area contributed by atoms with Crippen LogP contribution in [0.1, 0.15) is 11.3 Å². The first-order chi connectivity index (χ1) is 8.11. The molecule has 88 valence electrons. The van der Waals surface area contributed by atoms with Crippen molar-refractivity contribution in [2.75, 3.05) is 0 Å². The lowest BCUT2D eigenvalue weighted by molar-refractivity contribution is -0.384. The van der Waals surface area contributed by atoms with Gasteiger partial charge in [0.05, 0.1) is 11.5 Å². The van der Waals surface area contributed by atoms with Gasteiger partial charge in [-0.3, -0.25) is 10.1 Å². The van der Waals surface area contributed by atoms with Gasteiger partial charge in [0.2, 0.25) is 0 Å². The highest BCUT2D eigenvalue weighted by molar-refractivity contribution is 5.64. The predicted molar refractivity (Wildman–Crippen MR) is 63.4 cm³/mol. The molecule has 1 heterocycles. The van der Waals surface area contributed by atoms with Crippen molar-refractivity contribution in [2.24, 2.45) is 5.73 Å². The van der Waals surface area contributed by atoms with Gasteiger partial charge in [-0.15, -0.1) is 0 Å². The van der Waals surface area contributed by atoms with Crippen molar-refractivity contribution in [2.45, 2.75) is 13.5 Å². The van der Waals surface area contributed by atoms with Crippen LogP contribution in [0.2, 0.25) is 0 Å². The first-order valence-corrected chi connectivity index (χ1v) is 5.16. The van der Waals surface area contributed by atoms with E-state index in [9.17, 15) is 10.1 Å². The number of rotatable bonds is 3. The van der Waals surface area contributed by atoms with E-state index in [1.807, 2.05) is 13.0 Å². The summed E-state index contributed by atoms with van der Waals surface area (Å²) in [4.78, 5) is 10.2. The summed E-state index contributed by atoms with van der Waals surface area (Å²) in [6, 6.07) is 8.30. The minimum Gasteiger partial charge on any atom is -0.460 e. The molecule has 0 radical (unpaired) electrons. The highest BCUT2D eigenvalue weighted by Crippen LogP contribution is 2.28. The van der Waals surface area contributed by atoms with Crippen LogP contribution in [-0.2, 0) is 6.54 Å². The van der Waals surface area contributed by atoms with E-state index in [-0.39, 0.29) is 5.69 Å². The smallest absolute Gasteiger partial charge is 0.269 e. The minimum atomic E-state index is -0.412. The Morgan fingerprint density at radius 1 is 1.35 bits per heavy atom. The van der Waals surface area contributed by atoms with Gasteiger partial charge in [-0.05, 0) is 30.7 Å². The van der Waals surface area contributed by atoms with Crippen LogP contribution in [-0.4, -0.2) is 4.92 Å². The van der Waals surface area contributed by atoms with Crippen molar-refractivity contribution >= 4 is 5.69 Å². The Bertz CT molecular complexity index is 561. The Kier molecular flexibility index (Phi) is 2.93. The molecule has 0 amide bonds. The highest BCUT2D eigenvalue weighted by atomic mass is 16.6. The average molecular weight is 232 g/mol. The van der Waals surface area contributed by atoms with Crippen LogP contribution < -0.4 is 5.73 Å². The Labute approximate surface area is 98.0 Å². The molecule has 5 heteroatoms. The molecule has 1 aromatic heterocycles. The Morgan fingerprint density at radius 3 is 2.65 bits per heavy atom. The van der Waals surface area contributed by atoms with Gasteiger partial charge >= 0.3 is 0 Å². The van der Waals surface area contributed by atoms with Gasteiger partial charge in [-0.1, -0.05) is 0 Å². The average Bonchev–Trinajstić information content (AvgIpc) is 2.77. The molecule has 2 rings (SSSR count). The second-order valence-electron chi connectivity index (χ2n) is 3.73. The summed E-state index contributed by atoms with van der Waals surface area (Å²) < 4.78 is 5.51. The minimum absolute atomic E-state index is 0.0804. The fraction of sp³-hybridized carbons (Fsp3) is 0.167. The molecule has 0 spiro atoms. The molecule has 0 aliphatic rings. The first kappa shape index (κ1) is 11.3. The molecular formula is C12H12N2O3. The number of hydrogen-bond acceptors (Lipinski definition) is 4. The molecule has 0 atom stereocenters. The van der Waals surface area contributed by atoms with E-state index in [0.29, 0.717) is 18.1 Å². The number of hydrogen-bond donors (Lipinski definition) is 1. The highest BCUT2D eigenvalue weighted by Gasteiger charge is 2.11. The largest absolute Gasteiger partial charge is 0.460 e. The van der Waals surface area contributed by atoms with Crippen molar-refractivity contribution < 1.29 is 9.34 Å². The van der Waals surface area contributed by atoms with Crippen LogP contribution in [0.3, 0.4) is 0 Å². The Balaban J connectivity index is 2.42. The molecule has 2 aromatic rings. The lowest BCUT2D eigenvalue weighted by atomic mass is 10.1. The summed E-state index contributed by atoms with van der Waals surface area (Å²) in [5.41, 5.74) is 7.19. The van der Waals surface area contributed by atoms with Gasteiger partial charge in [-0.2, -0.15) is 0 Å². The van der Waals surface area contributed by atoms with Crippen LogP contribution in [0.25, 0.3) is 11.3 Å². The molecule has 0 bridgehead atoms. The number of nitrogens with two attached hydrogens (primary N) is 1. The molecule has 1 aromatic carbocycles. The topological polar surface area (TPSA) is 82.3 Å². The van der Waals surface area contributed by atoms with Crippen LogP contribution in [0.15, 0.2) is 34.7 Å². The quantitative estimate of drug-likeness (QED) is 0.651. The van der Waals surface area contributed by atoms with Crippen LogP contribution in [0.4, 0.5) is 5.69 Å². The SMILES string of the molecule is Cc1cc([N+](=O)[O-])ccc1-c1ccc(CN)o1. The first-order valence-electron chi connectivity index (χ1n) is 5.16. The van der Waals surface area contributed by atoms with Gasteiger partial charge < -0.3 is 10.2 Å². The molecule has 0 fully saturated rings. The Morgan fingerprint density at radius 2 is 2.12 bits per heavy atom. The fourth-order valence-corrected chi connectivity index (χ4v) is 1.67. The summed E-state index contributed by atoms with van der Waals surface area (Å²) in [6.45, 7) is 2.15. The number of benzene rings is 1. The number of non-ortho nitro benzene ring substituents is 1.